The summed E-state index contributed by atoms with van der Waals surface area (Å²) in [5, 5.41) is 0.300. The molecule has 0 aromatic heterocycles. The molecule has 0 amide bonds. The van der Waals surface area contributed by atoms with Gasteiger partial charge in [0.2, 0.25) is 10.0 Å². The van der Waals surface area contributed by atoms with E-state index in [1.807, 2.05) is 13.2 Å². The molecule has 4 nitrogen and oxygen atoms in total. The Morgan fingerprint density at radius 3 is 2.65 bits per heavy atom. The van der Waals surface area contributed by atoms with E-state index in [2.05, 4.69) is 15.9 Å². The Hall–Kier alpha value is 0.0500. The van der Waals surface area contributed by atoms with Gasteiger partial charge < -0.3 is 5.73 Å². The van der Waals surface area contributed by atoms with Crippen LogP contribution in [0, 0.1) is 0 Å². The third-order valence-electron chi connectivity index (χ3n) is 3.05. The van der Waals surface area contributed by atoms with Crippen LogP contribution in [0.5, 0.6) is 0 Å². The van der Waals surface area contributed by atoms with Crippen molar-refractivity contribution in [1.29, 1.82) is 0 Å². The monoisotopic (exact) mass is 400 g/mol. The van der Waals surface area contributed by atoms with Gasteiger partial charge in [-0.2, -0.15) is 16.1 Å². The summed E-state index contributed by atoms with van der Waals surface area (Å²) in [6, 6.07) is 2.83. The summed E-state index contributed by atoms with van der Waals surface area (Å²) in [5.74, 6) is 0.903. The zero-order valence-corrected chi connectivity index (χ0v) is 15.5. The van der Waals surface area contributed by atoms with E-state index >= 15 is 0 Å². The number of halogens is 2. The van der Waals surface area contributed by atoms with Gasteiger partial charge in [0.25, 0.3) is 0 Å². The zero-order chi connectivity index (χ0) is 15.5. The predicted octanol–water partition coefficient (Wildman–Crippen LogP) is 3.45. The van der Waals surface area contributed by atoms with Gasteiger partial charge in [-0.15, -0.1) is 0 Å². The molecule has 0 saturated carbocycles. The molecule has 1 aromatic rings. The third kappa shape index (κ3) is 4.04. The fourth-order valence-corrected chi connectivity index (χ4v) is 4.85. The normalized spacial score (nSPS) is 13.7. The van der Waals surface area contributed by atoms with E-state index in [4.69, 9.17) is 17.3 Å². The summed E-state index contributed by atoms with van der Waals surface area (Å²) in [6.07, 6.45) is 2.78. The van der Waals surface area contributed by atoms with Crippen LogP contribution in [0.15, 0.2) is 21.5 Å². The first kappa shape index (κ1) is 18.1. The van der Waals surface area contributed by atoms with Crippen LogP contribution in [0.25, 0.3) is 0 Å². The second kappa shape index (κ2) is 7.35. The van der Waals surface area contributed by atoms with Crippen molar-refractivity contribution in [2.75, 3.05) is 24.8 Å². The Balaban J connectivity index is 3.17. The molecule has 20 heavy (non-hydrogen) atoms. The lowest BCUT2D eigenvalue weighted by Crippen LogP contribution is -2.35. The van der Waals surface area contributed by atoms with Crippen LogP contribution in [0.4, 0.5) is 5.69 Å². The SMILES string of the molecule is CSCCC(C)N(C)S(=O)(=O)c1cc(Cl)cc(N)c1Br. The smallest absolute Gasteiger partial charge is 0.244 e. The van der Waals surface area contributed by atoms with Crippen LogP contribution in [0.1, 0.15) is 13.3 Å². The summed E-state index contributed by atoms with van der Waals surface area (Å²) >= 11 is 10.8. The lowest BCUT2D eigenvalue weighted by atomic mass is 10.3. The van der Waals surface area contributed by atoms with Gasteiger partial charge >= 0.3 is 0 Å². The first-order valence-corrected chi connectivity index (χ1v) is 9.93. The number of sulfonamides is 1. The van der Waals surface area contributed by atoms with Crippen LogP contribution >= 0.6 is 39.3 Å². The van der Waals surface area contributed by atoms with Gasteiger partial charge in [0.1, 0.15) is 0 Å². The molecule has 1 rings (SSSR count). The first-order valence-electron chi connectivity index (χ1n) is 5.93. The molecule has 0 aliphatic rings. The highest BCUT2D eigenvalue weighted by Crippen LogP contribution is 2.33. The Labute approximate surface area is 138 Å². The Morgan fingerprint density at radius 2 is 2.10 bits per heavy atom. The first-order chi connectivity index (χ1) is 9.21. The number of thioether (sulfide) groups is 1. The third-order valence-corrected chi connectivity index (χ3v) is 7.06. The average molecular weight is 402 g/mol. The van der Waals surface area contributed by atoms with Crippen LogP contribution in [-0.2, 0) is 10.0 Å². The standard InChI is InChI=1S/C12H18BrClN2O2S2/c1-8(4-5-19-3)16(2)20(17,18)11-7-9(14)6-10(15)12(11)13/h6-8H,4-5,15H2,1-3H3. The molecule has 1 unspecified atom stereocenters. The van der Waals surface area contributed by atoms with Crippen molar-refractivity contribution in [1.82, 2.24) is 4.31 Å². The molecule has 0 spiro atoms. The number of nitrogens with zero attached hydrogens (tertiary/aromatic N) is 1. The van der Waals surface area contributed by atoms with Crippen molar-refractivity contribution in [2.24, 2.45) is 0 Å². The number of rotatable bonds is 6. The van der Waals surface area contributed by atoms with Gasteiger partial charge in [0, 0.05) is 23.8 Å². The van der Waals surface area contributed by atoms with Crippen molar-refractivity contribution < 1.29 is 8.42 Å². The molecule has 0 aliphatic heterocycles. The Morgan fingerprint density at radius 1 is 1.50 bits per heavy atom. The number of anilines is 1. The molecule has 1 atom stereocenters. The molecule has 2 N–H and O–H groups in total. The lowest BCUT2D eigenvalue weighted by molar-refractivity contribution is 0.382. The summed E-state index contributed by atoms with van der Waals surface area (Å²) in [4.78, 5) is 0.0981. The van der Waals surface area contributed by atoms with Crippen molar-refractivity contribution in [3.05, 3.63) is 21.6 Å². The van der Waals surface area contributed by atoms with Gasteiger partial charge in [0.05, 0.1) is 9.37 Å². The van der Waals surface area contributed by atoms with E-state index in [1.54, 1.807) is 18.8 Å². The number of hydrogen-bond acceptors (Lipinski definition) is 4. The second-order valence-corrected chi connectivity index (χ2v) is 8.64. The quantitative estimate of drug-likeness (QED) is 0.742. The van der Waals surface area contributed by atoms with E-state index < -0.39 is 10.0 Å². The van der Waals surface area contributed by atoms with E-state index in [0.717, 1.165) is 12.2 Å². The highest BCUT2D eigenvalue weighted by Gasteiger charge is 2.28. The summed E-state index contributed by atoms with van der Waals surface area (Å²) in [7, 11) is -2.06. The molecule has 0 saturated heterocycles. The molecule has 0 bridgehead atoms. The van der Waals surface area contributed by atoms with Gasteiger partial charge in [-0.1, -0.05) is 11.6 Å². The fourth-order valence-electron chi connectivity index (χ4n) is 1.63. The van der Waals surface area contributed by atoms with E-state index in [-0.39, 0.29) is 10.9 Å². The maximum atomic E-state index is 12.6. The zero-order valence-electron chi connectivity index (χ0n) is 11.6. The van der Waals surface area contributed by atoms with E-state index in [9.17, 15) is 8.42 Å². The summed E-state index contributed by atoms with van der Waals surface area (Å²) < 4.78 is 27.0. The van der Waals surface area contributed by atoms with Crippen LogP contribution in [0.2, 0.25) is 5.02 Å². The fraction of sp³-hybridized carbons (Fsp3) is 0.500. The minimum atomic E-state index is -3.63. The predicted molar refractivity (Wildman–Crippen MR) is 91.0 cm³/mol. The molecule has 8 heteroatoms. The Kier molecular flexibility index (Phi) is 6.66. The molecule has 114 valence electrons. The molecule has 1 aromatic carbocycles. The van der Waals surface area contributed by atoms with Gasteiger partial charge in [-0.3, -0.25) is 0 Å². The number of nitrogen functional groups attached to an aromatic ring is 1. The van der Waals surface area contributed by atoms with Gasteiger partial charge in [-0.25, -0.2) is 8.42 Å². The minimum Gasteiger partial charge on any atom is -0.398 e. The maximum Gasteiger partial charge on any atom is 0.244 e. The van der Waals surface area contributed by atoms with Crippen molar-refractivity contribution >= 4 is 55.0 Å². The molecule has 0 aliphatic carbocycles. The van der Waals surface area contributed by atoms with Gasteiger partial charge in [0.15, 0.2) is 0 Å². The van der Waals surface area contributed by atoms with Crippen LogP contribution in [0.3, 0.4) is 0 Å². The summed E-state index contributed by atoms with van der Waals surface area (Å²) in [5.41, 5.74) is 6.06. The van der Waals surface area contributed by atoms with Crippen LogP contribution in [-0.4, -0.2) is 37.8 Å². The van der Waals surface area contributed by atoms with E-state index in [0.29, 0.717) is 15.2 Å². The van der Waals surface area contributed by atoms with Crippen molar-refractivity contribution in [3.63, 3.8) is 0 Å². The molecule has 0 heterocycles. The largest absolute Gasteiger partial charge is 0.398 e. The number of benzene rings is 1. The lowest BCUT2D eigenvalue weighted by Gasteiger charge is -2.25. The molecule has 0 fully saturated rings. The van der Waals surface area contributed by atoms with Crippen LogP contribution < -0.4 is 5.73 Å². The highest BCUT2D eigenvalue weighted by molar-refractivity contribution is 9.10. The van der Waals surface area contributed by atoms with Gasteiger partial charge in [-0.05, 0) is 53.4 Å². The number of nitrogens with two attached hydrogens (primary N) is 1. The van der Waals surface area contributed by atoms with Crippen molar-refractivity contribution in [2.45, 2.75) is 24.3 Å². The molecular formula is C12H18BrClN2O2S2. The maximum absolute atomic E-state index is 12.6. The van der Waals surface area contributed by atoms with E-state index in [1.165, 1.54) is 16.4 Å². The number of hydrogen-bond donors (Lipinski definition) is 1. The average Bonchev–Trinajstić information content (AvgIpc) is 2.38. The highest BCUT2D eigenvalue weighted by atomic mass is 79.9. The van der Waals surface area contributed by atoms with Crippen molar-refractivity contribution in [3.8, 4) is 0 Å². The molecular weight excluding hydrogens is 384 g/mol. The topological polar surface area (TPSA) is 63.4 Å². The molecule has 0 radical (unpaired) electrons. The Bertz CT molecular complexity index is 581. The summed E-state index contributed by atoms with van der Waals surface area (Å²) in [6.45, 7) is 1.88. The second-order valence-electron chi connectivity index (χ2n) is 4.46. The minimum absolute atomic E-state index is 0.0976.